The minimum absolute atomic E-state index is 0.308. The molecule has 0 radical (unpaired) electrons. The van der Waals surface area contributed by atoms with Gasteiger partial charge >= 0.3 is 0 Å². The van der Waals surface area contributed by atoms with Gasteiger partial charge in [-0.15, -0.1) is 0 Å². The monoisotopic (exact) mass is 288 g/mol. The molecule has 3 rings (SSSR count). The molecule has 5 heteroatoms. The Morgan fingerprint density at radius 3 is 2.75 bits per heavy atom. The maximum absolute atomic E-state index is 13.8. The molecule has 0 atom stereocenters. The van der Waals surface area contributed by atoms with Crippen LogP contribution in [0.2, 0.25) is 0 Å². The molecule has 1 heterocycles. The predicted molar refractivity (Wildman–Crippen MR) is 79.7 cm³/mol. The Balaban J connectivity index is 2.30. The van der Waals surface area contributed by atoms with E-state index in [4.69, 9.17) is 17.0 Å². The highest BCUT2D eigenvalue weighted by Gasteiger charge is 2.10. The van der Waals surface area contributed by atoms with E-state index in [2.05, 4.69) is 4.98 Å². The number of rotatable bonds is 2. The molecule has 0 aliphatic carbocycles. The van der Waals surface area contributed by atoms with Gasteiger partial charge in [0.05, 0.1) is 12.6 Å². The number of para-hydroxylation sites is 1. The highest BCUT2D eigenvalue weighted by molar-refractivity contribution is 7.71. The fraction of sp³-hybridized carbons (Fsp3) is 0.133. The summed E-state index contributed by atoms with van der Waals surface area (Å²) in [6.07, 6.45) is 0. The first kappa shape index (κ1) is 12.9. The van der Waals surface area contributed by atoms with Crippen molar-refractivity contribution in [3.63, 3.8) is 0 Å². The topological polar surface area (TPSA) is 29.9 Å². The third-order valence-electron chi connectivity index (χ3n) is 3.30. The number of hydrogen-bond acceptors (Lipinski definition) is 2. The molecule has 1 aromatic heterocycles. The molecular weight excluding hydrogens is 275 g/mol. The second-order valence-electron chi connectivity index (χ2n) is 4.55. The highest BCUT2D eigenvalue weighted by Crippen LogP contribution is 2.25. The molecule has 1 N–H and O–H groups in total. The number of aromatic amines is 1. The first-order valence-electron chi connectivity index (χ1n) is 6.16. The smallest absolute Gasteiger partial charge is 0.182 e. The van der Waals surface area contributed by atoms with Gasteiger partial charge in [-0.2, -0.15) is 0 Å². The average Bonchev–Trinajstić information content (AvgIpc) is 2.76. The van der Waals surface area contributed by atoms with Crippen molar-refractivity contribution in [1.82, 2.24) is 9.55 Å². The molecule has 2 aromatic carbocycles. The molecular formula is C15H13FN2OS. The number of fused-ring (bicyclic) bond motifs is 1. The quantitative estimate of drug-likeness (QED) is 0.718. The van der Waals surface area contributed by atoms with Crippen LogP contribution in [0.15, 0.2) is 36.4 Å². The van der Waals surface area contributed by atoms with Crippen LogP contribution >= 0.6 is 12.2 Å². The molecule has 0 fully saturated rings. The van der Waals surface area contributed by atoms with E-state index in [1.807, 2.05) is 35.8 Å². The molecule has 0 bridgehead atoms. The van der Waals surface area contributed by atoms with E-state index in [1.165, 1.54) is 6.07 Å². The maximum Gasteiger partial charge on any atom is 0.182 e. The van der Waals surface area contributed by atoms with Gasteiger partial charge in [-0.1, -0.05) is 6.07 Å². The first-order valence-corrected chi connectivity index (χ1v) is 6.57. The summed E-state index contributed by atoms with van der Waals surface area (Å²) < 4.78 is 21.3. The van der Waals surface area contributed by atoms with Crippen LogP contribution in [0.5, 0.6) is 5.75 Å². The predicted octanol–water partition coefficient (Wildman–Crippen LogP) is 4.14. The van der Waals surface area contributed by atoms with Gasteiger partial charge in [0.2, 0.25) is 0 Å². The molecule has 3 aromatic rings. The fourth-order valence-corrected chi connectivity index (χ4v) is 2.66. The lowest BCUT2D eigenvalue weighted by molar-refractivity contribution is 0.411. The molecule has 0 aliphatic rings. The molecule has 0 unspecified atom stereocenters. The van der Waals surface area contributed by atoms with Gasteiger partial charge in [0.1, 0.15) is 17.1 Å². The number of aromatic nitrogens is 2. The number of halogens is 1. The summed E-state index contributed by atoms with van der Waals surface area (Å²) in [6, 6.07) is 10.7. The molecule has 0 amide bonds. The van der Waals surface area contributed by atoms with Gasteiger partial charge in [0.15, 0.2) is 4.77 Å². The summed E-state index contributed by atoms with van der Waals surface area (Å²) in [5, 5.41) is 0. The van der Waals surface area contributed by atoms with Crippen molar-refractivity contribution in [3.8, 4) is 11.4 Å². The van der Waals surface area contributed by atoms with E-state index >= 15 is 0 Å². The lowest BCUT2D eigenvalue weighted by Gasteiger charge is -2.09. The minimum Gasteiger partial charge on any atom is -0.496 e. The minimum atomic E-state index is -0.308. The Hall–Kier alpha value is -2.14. The van der Waals surface area contributed by atoms with Gasteiger partial charge in [-0.05, 0) is 55.0 Å². The van der Waals surface area contributed by atoms with E-state index in [0.717, 1.165) is 22.5 Å². The standard InChI is InChI=1S/C15H13FN2OS/c1-9-8-10(6-7-13(9)19-2)18-12-5-3-4-11(16)14(12)17-15(18)20/h3-8H,1-2H3,(H,17,20). The fourth-order valence-electron chi connectivity index (χ4n) is 2.35. The van der Waals surface area contributed by atoms with E-state index in [9.17, 15) is 4.39 Å². The largest absolute Gasteiger partial charge is 0.496 e. The molecule has 3 nitrogen and oxygen atoms in total. The summed E-state index contributed by atoms with van der Waals surface area (Å²) in [4.78, 5) is 2.91. The van der Waals surface area contributed by atoms with Crippen molar-refractivity contribution in [3.05, 3.63) is 52.5 Å². The number of nitrogens with one attached hydrogen (secondary N) is 1. The van der Waals surface area contributed by atoms with Crippen molar-refractivity contribution in [2.24, 2.45) is 0 Å². The van der Waals surface area contributed by atoms with Crippen molar-refractivity contribution in [1.29, 1.82) is 0 Å². The Morgan fingerprint density at radius 1 is 1.25 bits per heavy atom. The number of ether oxygens (including phenoxy) is 1. The second kappa shape index (κ2) is 4.76. The Morgan fingerprint density at radius 2 is 2.05 bits per heavy atom. The van der Waals surface area contributed by atoms with Crippen molar-refractivity contribution in [2.45, 2.75) is 6.92 Å². The van der Waals surface area contributed by atoms with Gasteiger partial charge < -0.3 is 9.72 Å². The zero-order valence-electron chi connectivity index (χ0n) is 11.1. The number of hydrogen-bond donors (Lipinski definition) is 1. The van der Waals surface area contributed by atoms with Crippen molar-refractivity contribution in [2.75, 3.05) is 7.11 Å². The summed E-state index contributed by atoms with van der Waals surface area (Å²) in [5.74, 6) is 0.504. The van der Waals surface area contributed by atoms with E-state index in [-0.39, 0.29) is 5.82 Å². The first-order chi connectivity index (χ1) is 9.61. The van der Waals surface area contributed by atoms with Crippen LogP contribution in [-0.2, 0) is 0 Å². The summed E-state index contributed by atoms with van der Waals surface area (Å²) >= 11 is 5.31. The van der Waals surface area contributed by atoms with Crippen molar-refractivity contribution < 1.29 is 9.13 Å². The number of aryl methyl sites for hydroxylation is 1. The molecule has 0 spiro atoms. The summed E-state index contributed by atoms with van der Waals surface area (Å²) in [5.41, 5.74) is 3.02. The third-order valence-corrected chi connectivity index (χ3v) is 3.59. The number of benzene rings is 2. The van der Waals surface area contributed by atoms with Gasteiger partial charge in [0.25, 0.3) is 0 Å². The van der Waals surface area contributed by atoms with Crippen LogP contribution in [-0.4, -0.2) is 16.7 Å². The summed E-state index contributed by atoms with van der Waals surface area (Å²) in [7, 11) is 1.63. The molecule has 0 saturated heterocycles. The van der Waals surface area contributed by atoms with Crippen LogP contribution < -0.4 is 4.74 Å². The lowest BCUT2D eigenvalue weighted by Crippen LogP contribution is -1.96. The normalized spacial score (nSPS) is 10.9. The van der Waals surface area contributed by atoms with E-state index in [1.54, 1.807) is 13.2 Å². The van der Waals surface area contributed by atoms with Crippen LogP contribution in [0, 0.1) is 17.5 Å². The number of imidazole rings is 1. The second-order valence-corrected chi connectivity index (χ2v) is 4.94. The van der Waals surface area contributed by atoms with Gasteiger partial charge in [-0.3, -0.25) is 4.57 Å². The van der Waals surface area contributed by atoms with Crippen LogP contribution in [0.4, 0.5) is 4.39 Å². The zero-order chi connectivity index (χ0) is 14.3. The lowest BCUT2D eigenvalue weighted by atomic mass is 10.2. The van der Waals surface area contributed by atoms with E-state index in [0.29, 0.717) is 10.3 Å². The van der Waals surface area contributed by atoms with E-state index < -0.39 is 0 Å². The average molecular weight is 288 g/mol. The molecule has 20 heavy (non-hydrogen) atoms. The SMILES string of the molecule is COc1ccc(-n2c(=S)[nH]c3c(F)cccc32)cc1C. The molecule has 0 saturated carbocycles. The van der Waals surface area contributed by atoms with Gasteiger partial charge in [-0.25, -0.2) is 4.39 Å². The van der Waals surface area contributed by atoms with Crippen LogP contribution in [0.3, 0.4) is 0 Å². The highest BCUT2D eigenvalue weighted by atomic mass is 32.1. The van der Waals surface area contributed by atoms with Crippen LogP contribution in [0.25, 0.3) is 16.7 Å². The number of methoxy groups -OCH3 is 1. The summed E-state index contributed by atoms with van der Waals surface area (Å²) in [6.45, 7) is 1.96. The van der Waals surface area contributed by atoms with Crippen molar-refractivity contribution >= 4 is 23.3 Å². The maximum atomic E-state index is 13.8. The Kier molecular flexibility index (Phi) is 3.06. The Bertz CT molecular complexity index is 851. The third kappa shape index (κ3) is 1.91. The molecule has 0 aliphatic heterocycles. The van der Waals surface area contributed by atoms with Gasteiger partial charge in [0, 0.05) is 5.69 Å². The Labute approximate surface area is 120 Å². The van der Waals surface area contributed by atoms with Crippen LogP contribution in [0.1, 0.15) is 5.56 Å². The molecule has 102 valence electrons. The number of H-pyrrole nitrogens is 1. The number of nitrogens with zero attached hydrogens (tertiary/aromatic N) is 1. The zero-order valence-corrected chi connectivity index (χ0v) is 11.9.